The Morgan fingerprint density at radius 2 is 1.50 bits per heavy atom. The second-order valence-corrected chi connectivity index (χ2v) is 2.22. The van der Waals surface area contributed by atoms with Crippen molar-refractivity contribution in [3.8, 4) is 0 Å². The van der Waals surface area contributed by atoms with Gasteiger partial charge in [-0.2, -0.15) is 0 Å². The highest BCUT2D eigenvalue weighted by Crippen LogP contribution is 1.88. The lowest BCUT2D eigenvalue weighted by Gasteiger charge is -1.77. The van der Waals surface area contributed by atoms with Crippen LogP contribution in [-0.2, 0) is 0 Å². The van der Waals surface area contributed by atoms with Gasteiger partial charge >= 0.3 is 0 Å². The van der Waals surface area contributed by atoms with E-state index in [1.165, 1.54) is 0 Å². The zero-order chi connectivity index (χ0) is 8.49. The van der Waals surface area contributed by atoms with Crippen molar-refractivity contribution in [3.05, 3.63) is 65.8 Å². The van der Waals surface area contributed by atoms with Gasteiger partial charge in [0.1, 0.15) is 0 Å². The van der Waals surface area contributed by atoms with E-state index >= 15 is 0 Å². The Morgan fingerprint density at radius 3 is 2.42 bits per heavy atom. The molecule has 0 atom stereocenters. The minimum absolute atomic E-state index is 0.954. The smallest absolute Gasteiger partial charge is 0.0109 e. The fourth-order valence-electron chi connectivity index (χ4n) is 0.723. The van der Waals surface area contributed by atoms with Crippen LogP contribution in [0.3, 0.4) is 0 Å². The molecule has 0 aromatic carbocycles. The Balaban J connectivity index is 2.88. The SMILES string of the molecule is C1=C=CC=CC=CCC=CC=C=1. The first-order chi connectivity index (χ1) is 6.00. The molecule has 0 radical (unpaired) electrons. The minimum atomic E-state index is 0.954. The highest BCUT2D eigenvalue weighted by Gasteiger charge is 1.67. The third-order valence-corrected chi connectivity index (χ3v) is 1.27. The number of rotatable bonds is 0. The molecule has 0 heteroatoms. The van der Waals surface area contributed by atoms with Crippen molar-refractivity contribution in [3.63, 3.8) is 0 Å². The topological polar surface area (TPSA) is 0 Å². The maximum atomic E-state index is 2.84. The van der Waals surface area contributed by atoms with E-state index in [-0.39, 0.29) is 0 Å². The summed E-state index contributed by atoms with van der Waals surface area (Å²) in [6.45, 7) is 0. The van der Waals surface area contributed by atoms with E-state index in [1.54, 1.807) is 6.08 Å². The van der Waals surface area contributed by atoms with Gasteiger partial charge in [-0.3, -0.25) is 0 Å². The van der Waals surface area contributed by atoms with Crippen LogP contribution in [0, 0.1) is 0 Å². The summed E-state index contributed by atoms with van der Waals surface area (Å²) >= 11 is 0. The van der Waals surface area contributed by atoms with Crippen LogP contribution in [0.1, 0.15) is 6.42 Å². The Bertz CT molecular complexity index is 332. The molecule has 58 valence electrons. The van der Waals surface area contributed by atoms with E-state index in [1.807, 2.05) is 30.4 Å². The van der Waals surface area contributed by atoms with Gasteiger partial charge in [0.25, 0.3) is 0 Å². The maximum absolute atomic E-state index is 2.84. The van der Waals surface area contributed by atoms with Crippen LogP contribution < -0.4 is 0 Å². The molecule has 12 heavy (non-hydrogen) atoms. The van der Waals surface area contributed by atoms with Crippen LogP contribution in [0.4, 0.5) is 0 Å². The monoisotopic (exact) mass is 154 g/mol. The summed E-state index contributed by atoms with van der Waals surface area (Å²) in [4.78, 5) is 0. The lowest BCUT2D eigenvalue weighted by molar-refractivity contribution is 1.39. The molecule has 0 aliphatic heterocycles. The van der Waals surface area contributed by atoms with Gasteiger partial charge in [-0.25, -0.2) is 0 Å². The molecular formula is C12H10. The normalized spacial score (nSPS) is 14.7. The predicted octanol–water partition coefficient (Wildman–Crippen LogP) is 3.08. The lowest BCUT2D eigenvalue weighted by atomic mass is 10.3. The summed E-state index contributed by atoms with van der Waals surface area (Å²) in [5, 5.41) is 0. The van der Waals surface area contributed by atoms with Crippen LogP contribution in [-0.4, -0.2) is 0 Å². The summed E-state index contributed by atoms with van der Waals surface area (Å²) in [6, 6.07) is 0. The molecule has 0 unspecified atom stereocenters. The molecule has 0 spiro atoms. The molecule has 0 fully saturated rings. The van der Waals surface area contributed by atoms with Crippen LogP contribution in [0.5, 0.6) is 0 Å². The zero-order valence-corrected chi connectivity index (χ0v) is 6.83. The first-order valence-corrected chi connectivity index (χ1v) is 3.89. The van der Waals surface area contributed by atoms with Gasteiger partial charge in [0.2, 0.25) is 0 Å². The molecule has 0 saturated carbocycles. The average molecular weight is 154 g/mol. The molecular weight excluding hydrogens is 144 g/mol. The van der Waals surface area contributed by atoms with Gasteiger partial charge in [0.15, 0.2) is 0 Å². The molecule has 0 nitrogen and oxygen atoms in total. The highest BCUT2D eigenvalue weighted by molar-refractivity contribution is 5.13. The van der Waals surface area contributed by atoms with Gasteiger partial charge in [0.05, 0.1) is 0 Å². The maximum Gasteiger partial charge on any atom is -0.0109 e. The molecule has 0 N–H and O–H groups in total. The number of hydrogen-bond acceptors (Lipinski definition) is 0. The third-order valence-electron chi connectivity index (χ3n) is 1.27. The fourth-order valence-corrected chi connectivity index (χ4v) is 0.723. The molecule has 1 aliphatic carbocycles. The Kier molecular flexibility index (Phi) is 4.23. The fraction of sp³-hybridized carbons (Fsp3) is 0.0833. The predicted molar refractivity (Wildman–Crippen MR) is 51.7 cm³/mol. The number of allylic oxidation sites excluding steroid dienone is 8. The standard InChI is InChI=1S/C12H10/c1-2-4-6-8-10-12-11-9-7-5-3-1/h1-5,8,10,12H,6H2. The molecule has 0 bridgehead atoms. The average Bonchev–Trinajstić information content (AvgIpc) is 2.05. The summed E-state index contributed by atoms with van der Waals surface area (Å²) in [7, 11) is 0. The van der Waals surface area contributed by atoms with E-state index < -0.39 is 0 Å². The van der Waals surface area contributed by atoms with Crippen LogP contribution in [0.25, 0.3) is 0 Å². The van der Waals surface area contributed by atoms with E-state index in [0.29, 0.717) is 0 Å². The van der Waals surface area contributed by atoms with Crippen molar-refractivity contribution in [1.82, 2.24) is 0 Å². The van der Waals surface area contributed by atoms with Gasteiger partial charge in [-0.05, 0) is 24.3 Å². The second-order valence-electron chi connectivity index (χ2n) is 2.22. The highest BCUT2D eigenvalue weighted by atomic mass is 13.7. The van der Waals surface area contributed by atoms with Crippen molar-refractivity contribution >= 4 is 0 Å². The molecule has 0 aromatic heterocycles. The quantitative estimate of drug-likeness (QED) is 0.470. The van der Waals surface area contributed by atoms with Crippen LogP contribution >= 0.6 is 0 Å². The van der Waals surface area contributed by atoms with Crippen molar-refractivity contribution in [2.24, 2.45) is 0 Å². The summed E-state index contributed by atoms with van der Waals surface area (Å²) in [5.74, 6) is 0. The Morgan fingerprint density at radius 1 is 0.750 bits per heavy atom. The Labute approximate surface area is 72.9 Å². The molecule has 0 amide bonds. The molecule has 1 aliphatic rings. The number of hydrogen-bond donors (Lipinski definition) is 0. The lowest BCUT2D eigenvalue weighted by Crippen LogP contribution is -1.56. The zero-order valence-electron chi connectivity index (χ0n) is 6.83. The van der Waals surface area contributed by atoms with Crippen molar-refractivity contribution in [2.45, 2.75) is 6.42 Å². The minimum Gasteiger partial charge on any atom is -0.0807 e. The van der Waals surface area contributed by atoms with E-state index in [2.05, 4.69) is 29.3 Å². The summed E-state index contributed by atoms with van der Waals surface area (Å²) < 4.78 is 0. The Hall–Kier alpha value is -1.70. The van der Waals surface area contributed by atoms with Crippen molar-refractivity contribution < 1.29 is 0 Å². The molecule has 0 aromatic rings. The molecule has 0 saturated heterocycles. The molecule has 1 rings (SSSR count). The summed E-state index contributed by atoms with van der Waals surface area (Å²) in [5.41, 5.74) is 8.44. The summed E-state index contributed by atoms with van der Waals surface area (Å²) in [6.07, 6.45) is 16.6. The first-order valence-electron chi connectivity index (χ1n) is 3.89. The van der Waals surface area contributed by atoms with E-state index in [4.69, 9.17) is 0 Å². The van der Waals surface area contributed by atoms with Crippen molar-refractivity contribution in [2.75, 3.05) is 0 Å². The van der Waals surface area contributed by atoms with E-state index in [0.717, 1.165) is 6.42 Å². The van der Waals surface area contributed by atoms with Crippen LogP contribution in [0.15, 0.2) is 65.8 Å². The van der Waals surface area contributed by atoms with Crippen LogP contribution in [0.2, 0.25) is 0 Å². The van der Waals surface area contributed by atoms with Gasteiger partial charge in [0, 0.05) is 0 Å². The first kappa shape index (κ1) is 8.40. The van der Waals surface area contributed by atoms with E-state index in [9.17, 15) is 0 Å². The second kappa shape index (κ2) is 6.04. The van der Waals surface area contributed by atoms with Gasteiger partial charge < -0.3 is 0 Å². The van der Waals surface area contributed by atoms with Crippen molar-refractivity contribution in [1.29, 1.82) is 0 Å². The molecule has 0 heterocycles. The van der Waals surface area contributed by atoms with Gasteiger partial charge in [-0.1, -0.05) is 47.9 Å². The third kappa shape index (κ3) is 4.17. The van der Waals surface area contributed by atoms with Gasteiger partial charge in [-0.15, -0.1) is 0 Å². The largest absolute Gasteiger partial charge is 0.0807 e.